The molecular weight excluding hydrogens is 258 g/mol. The smallest absolute Gasteiger partial charge is 0.229 e. The predicted octanol–water partition coefficient (Wildman–Crippen LogP) is 3.73. The van der Waals surface area contributed by atoms with Crippen molar-refractivity contribution in [3.8, 4) is 0 Å². The number of hydrogen-bond acceptors (Lipinski definition) is 1. The fourth-order valence-electron chi connectivity index (χ4n) is 2.00. The molecule has 0 aliphatic heterocycles. The molecule has 0 N–H and O–H groups in total. The van der Waals surface area contributed by atoms with Crippen molar-refractivity contribution in [1.29, 1.82) is 0 Å². The predicted molar refractivity (Wildman–Crippen MR) is 81.5 cm³/mol. The summed E-state index contributed by atoms with van der Waals surface area (Å²) in [7, 11) is 1.86. The highest BCUT2D eigenvalue weighted by molar-refractivity contribution is 6.19. The van der Waals surface area contributed by atoms with E-state index in [0.29, 0.717) is 5.88 Å². The van der Waals surface area contributed by atoms with Crippen LogP contribution >= 0.6 is 11.6 Å². The Labute approximate surface area is 121 Å². The topological polar surface area (TPSA) is 20.3 Å². The summed E-state index contributed by atoms with van der Waals surface area (Å²) in [4.78, 5) is 13.9. The molecule has 0 unspecified atom stereocenters. The monoisotopic (exact) mass is 281 g/mol. The van der Waals surface area contributed by atoms with Gasteiger partial charge in [-0.25, -0.2) is 0 Å². The first kappa shape index (κ1) is 16.0. The Morgan fingerprint density at radius 1 is 1.21 bits per heavy atom. The Bertz CT molecular complexity index is 389. The number of nitrogens with zero attached hydrogens (tertiary/aromatic N) is 1. The molecule has 3 heteroatoms. The quantitative estimate of drug-likeness (QED) is 0.551. The van der Waals surface area contributed by atoms with Crippen LogP contribution in [0.15, 0.2) is 30.3 Å². The Morgan fingerprint density at radius 2 is 1.84 bits per heavy atom. The van der Waals surface area contributed by atoms with E-state index >= 15 is 0 Å². The maximum absolute atomic E-state index is 12.1. The minimum atomic E-state index is -0.463. The molecule has 0 radical (unpaired) electrons. The summed E-state index contributed by atoms with van der Waals surface area (Å²) in [5, 5.41) is 0. The highest BCUT2D eigenvalue weighted by atomic mass is 35.5. The van der Waals surface area contributed by atoms with Gasteiger partial charge in [0.2, 0.25) is 5.91 Å². The van der Waals surface area contributed by atoms with E-state index in [0.717, 1.165) is 25.8 Å². The third kappa shape index (κ3) is 5.23. The van der Waals surface area contributed by atoms with Crippen molar-refractivity contribution in [2.75, 3.05) is 19.5 Å². The van der Waals surface area contributed by atoms with Crippen LogP contribution in [0.25, 0.3) is 0 Å². The summed E-state index contributed by atoms with van der Waals surface area (Å²) >= 11 is 5.83. The number of aryl methyl sites for hydroxylation is 1. The number of halogens is 1. The molecule has 0 spiro atoms. The fraction of sp³-hybridized carbons (Fsp3) is 0.562. The lowest BCUT2D eigenvalue weighted by atomic mass is 9.94. The van der Waals surface area contributed by atoms with E-state index in [4.69, 9.17) is 11.6 Å². The second kappa shape index (κ2) is 7.54. The maximum atomic E-state index is 12.1. The lowest BCUT2D eigenvalue weighted by molar-refractivity contribution is -0.137. The fourth-order valence-corrected chi connectivity index (χ4v) is 2.11. The van der Waals surface area contributed by atoms with E-state index in [9.17, 15) is 4.79 Å². The summed E-state index contributed by atoms with van der Waals surface area (Å²) in [5.74, 6) is 0.488. The van der Waals surface area contributed by atoms with Crippen LogP contribution in [0, 0.1) is 5.41 Å². The largest absolute Gasteiger partial charge is 0.345 e. The zero-order chi connectivity index (χ0) is 14.3. The number of unbranched alkanes of at least 4 members (excludes halogenated alkanes) is 1. The van der Waals surface area contributed by atoms with Crippen LogP contribution in [-0.4, -0.2) is 30.3 Å². The van der Waals surface area contributed by atoms with Gasteiger partial charge in [-0.2, -0.15) is 0 Å². The number of carbonyl (C=O) groups excluding carboxylic acids is 1. The van der Waals surface area contributed by atoms with Gasteiger partial charge in [0.25, 0.3) is 0 Å². The maximum Gasteiger partial charge on any atom is 0.229 e. The van der Waals surface area contributed by atoms with Crippen molar-refractivity contribution < 1.29 is 4.79 Å². The number of benzene rings is 1. The summed E-state index contributed by atoms with van der Waals surface area (Å²) in [5.41, 5.74) is 0.896. The van der Waals surface area contributed by atoms with Gasteiger partial charge in [0.05, 0.1) is 5.41 Å². The van der Waals surface area contributed by atoms with Gasteiger partial charge in [0.15, 0.2) is 0 Å². The first-order chi connectivity index (χ1) is 8.97. The zero-order valence-electron chi connectivity index (χ0n) is 12.2. The van der Waals surface area contributed by atoms with Crippen LogP contribution in [0.3, 0.4) is 0 Å². The summed E-state index contributed by atoms with van der Waals surface area (Å²) in [6.45, 7) is 4.58. The van der Waals surface area contributed by atoms with Crippen molar-refractivity contribution in [2.24, 2.45) is 5.41 Å². The average Bonchev–Trinajstić information content (AvgIpc) is 2.43. The molecule has 106 valence electrons. The van der Waals surface area contributed by atoms with Gasteiger partial charge in [-0.05, 0) is 38.7 Å². The normalized spacial score (nSPS) is 11.4. The number of hydrogen-bond donors (Lipinski definition) is 0. The minimum Gasteiger partial charge on any atom is -0.345 e. The van der Waals surface area contributed by atoms with Gasteiger partial charge >= 0.3 is 0 Å². The molecule has 0 heterocycles. The molecular formula is C16H24ClNO. The Balaban J connectivity index is 2.28. The van der Waals surface area contributed by atoms with Gasteiger partial charge in [-0.3, -0.25) is 4.79 Å². The Hall–Kier alpha value is -1.02. The number of amides is 1. The lowest BCUT2D eigenvalue weighted by Crippen LogP contribution is -2.40. The molecule has 1 amide bonds. The van der Waals surface area contributed by atoms with E-state index in [1.807, 2.05) is 27.0 Å². The molecule has 1 aromatic rings. The number of alkyl halides is 1. The molecule has 1 rings (SSSR count). The SMILES string of the molecule is CN(CCCCc1ccccc1)C(=O)C(C)(C)CCl. The van der Waals surface area contributed by atoms with Crippen molar-refractivity contribution in [3.63, 3.8) is 0 Å². The van der Waals surface area contributed by atoms with Gasteiger partial charge in [-0.15, -0.1) is 11.6 Å². The van der Waals surface area contributed by atoms with Crippen molar-refractivity contribution in [1.82, 2.24) is 4.90 Å². The van der Waals surface area contributed by atoms with Crippen LogP contribution in [0.4, 0.5) is 0 Å². The molecule has 0 saturated carbocycles. The Morgan fingerprint density at radius 3 is 2.42 bits per heavy atom. The molecule has 0 aliphatic rings. The molecule has 0 saturated heterocycles. The standard InChI is InChI=1S/C16H24ClNO/c1-16(2,13-17)15(19)18(3)12-8-7-11-14-9-5-4-6-10-14/h4-6,9-10H,7-8,11-13H2,1-3H3. The van der Waals surface area contributed by atoms with Crippen LogP contribution in [0.1, 0.15) is 32.3 Å². The molecule has 0 atom stereocenters. The van der Waals surface area contributed by atoms with Crippen LogP contribution in [-0.2, 0) is 11.2 Å². The van der Waals surface area contributed by atoms with Gasteiger partial charge < -0.3 is 4.90 Å². The molecule has 2 nitrogen and oxygen atoms in total. The van der Waals surface area contributed by atoms with Crippen molar-refractivity contribution >= 4 is 17.5 Å². The van der Waals surface area contributed by atoms with Crippen LogP contribution in [0.2, 0.25) is 0 Å². The number of carbonyl (C=O) groups is 1. The van der Waals surface area contributed by atoms with Gasteiger partial charge in [0, 0.05) is 19.5 Å². The number of rotatable bonds is 7. The van der Waals surface area contributed by atoms with E-state index < -0.39 is 5.41 Å². The first-order valence-electron chi connectivity index (χ1n) is 6.83. The average molecular weight is 282 g/mol. The molecule has 0 fully saturated rings. The van der Waals surface area contributed by atoms with Gasteiger partial charge in [0.1, 0.15) is 0 Å². The molecule has 0 bridgehead atoms. The van der Waals surface area contributed by atoms with E-state index in [1.54, 1.807) is 4.90 Å². The van der Waals surface area contributed by atoms with Gasteiger partial charge in [-0.1, -0.05) is 30.3 Å². The van der Waals surface area contributed by atoms with E-state index in [-0.39, 0.29) is 5.91 Å². The Kier molecular flexibility index (Phi) is 6.36. The molecule has 19 heavy (non-hydrogen) atoms. The third-order valence-electron chi connectivity index (χ3n) is 3.31. The molecule has 0 aliphatic carbocycles. The third-order valence-corrected chi connectivity index (χ3v) is 3.98. The van der Waals surface area contributed by atoms with E-state index in [1.165, 1.54) is 5.56 Å². The van der Waals surface area contributed by atoms with Crippen molar-refractivity contribution in [3.05, 3.63) is 35.9 Å². The van der Waals surface area contributed by atoms with Crippen molar-refractivity contribution in [2.45, 2.75) is 33.1 Å². The second-order valence-corrected chi connectivity index (χ2v) is 5.95. The lowest BCUT2D eigenvalue weighted by Gasteiger charge is -2.27. The highest BCUT2D eigenvalue weighted by Gasteiger charge is 2.29. The minimum absolute atomic E-state index is 0.127. The van der Waals surface area contributed by atoms with E-state index in [2.05, 4.69) is 24.3 Å². The molecule has 0 aromatic heterocycles. The first-order valence-corrected chi connectivity index (χ1v) is 7.36. The highest BCUT2D eigenvalue weighted by Crippen LogP contribution is 2.20. The summed E-state index contributed by atoms with van der Waals surface area (Å²) in [6.07, 6.45) is 3.19. The summed E-state index contributed by atoms with van der Waals surface area (Å²) in [6, 6.07) is 10.4. The second-order valence-electron chi connectivity index (χ2n) is 5.69. The zero-order valence-corrected chi connectivity index (χ0v) is 12.9. The van der Waals surface area contributed by atoms with Crippen LogP contribution < -0.4 is 0 Å². The molecule has 1 aromatic carbocycles. The summed E-state index contributed by atoms with van der Waals surface area (Å²) < 4.78 is 0. The van der Waals surface area contributed by atoms with Crippen LogP contribution in [0.5, 0.6) is 0 Å².